The number of thiophene rings is 1. The SMILES string of the molecule is C[C@@H]1CN(C(=O)OC(C)(C)C)C(c2cccs2)CN1C(=O)OC(C)(C)C. The summed E-state index contributed by atoms with van der Waals surface area (Å²) in [7, 11) is 0. The van der Waals surface area contributed by atoms with Crippen molar-refractivity contribution >= 4 is 23.5 Å². The van der Waals surface area contributed by atoms with Gasteiger partial charge in [0.15, 0.2) is 0 Å². The Morgan fingerprint density at radius 2 is 1.54 bits per heavy atom. The van der Waals surface area contributed by atoms with Crippen molar-refractivity contribution in [3.63, 3.8) is 0 Å². The Kier molecular flexibility index (Phi) is 5.90. The van der Waals surface area contributed by atoms with Crippen LogP contribution in [0.5, 0.6) is 0 Å². The van der Waals surface area contributed by atoms with E-state index < -0.39 is 11.2 Å². The first-order valence-electron chi connectivity index (χ1n) is 8.90. The van der Waals surface area contributed by atoms with Crippen LogP contribution in [0.2, 0.25) is 0 Å². The van der Waals surface area contributed by atoms with Crippen molar-refractivity contribution in [2.45, 2.75) is 71.8 Å². The minimum absolute atomic E-state index is 0.159. The van der Waals surface area contributed by atoms with Gasteiger partial charge in [0, 0.05) is 18.0 Å². The molecule has 0 spiro atoms. The van der Waals surface area contributed by atoms with E-state index in [9.17, 15) is 9.59 Å². The molecule has 0 aromatic carbocycles. The van der Waals surface area contributed by atoms with Gasteiger partial charge in [-0.1, -0.05) is 6.07 Å². The average molecular weight is 383 g/mol. The molecule has 0 bridgehead atoms. The van der Waals surface area contributed by atoms with Gasteiger partial charge in [0.05, 0.1) is 12.1 Å². The summed E-state index contributed by atoms with van der Waals surface area (Å²) in [6.45, 7) is 13.8. The quantitative estimate of drug-likeness (QED) is 0.708. The number of piperazine rings is 1. The number of amides is 2. The lowest BCUT2D eigenvalue weighted by atomic mass is 10.1. The number of carbonyl (C=O) groups is 2. The largest absolute Gasteiger partial charge is 0.444 e. The molecule has 6 nitrogen and oxygen atoms in total. The number of nitrogens with zero attached hydrogens (tertiary/aromatic N) is 2. The Hall–Kier alpha value is -1.76. The second-order valence-electron chi connectivity index (χ2n) is 8.65. The van der Waals surface area contributed by atoms with E-state index in [-0.39, 0.29) is 24.3 Å². The number of hydrogen-bond donors (Lipinski definition) is 0. The van der Waals surface area contributed by atoms with Gasteiger partial charge in [-0.05, 0) is 59.9 Å². The van der Waals surface area contributed by atoms with Crippen molar-refractivity contribution in [3.05, 3.63) is 22.4 Å². The van der Waals surface area contributed by atoms with Crippen LogP contribution in [0.4, 0.5) is 9.59 Å². The first kappa shape index (κ1) is 20.6. The van der Waals surface area contributed by atoms with Crippen LogP contribution < -0.4 is 0 Å². The lowest BCUT2D eigenvalue weighted by Crippen LogP contribution is -2.58. The van der Waals surface area contributed by atoms with Crippen molar-refractivity contribution in [1.29, 1.82) is 0 Å². The Labute approximate surface area is 160 Å². The van der Waals surface area contributed by atoms with Gasteiger partial charge in [-0.25, -0.2) is 9.59 Å². The second kappa shape index (κ2) is 7.47. The maximum Gasteiger partial charge on any atom is 0.410 e. The van der Waals surface area contributed by atoms with E-state index >= 15 is 0 Å². The summed E-state index contributed by atoms with van der Waals surface area (Å²) in [5.41, 5.74) is -1.12. The summed E-state index contributed by atoms with van der Waals surface area (Å²) >= 11 is 1.57. The van der Waals surface area contributed by atoms with Crippen molar-refractivity contribution in [2.24, 2.45) is 0 Å². The monoisotopic (exact) mass is 382 g/mol. The van der Waals surface area contributed by atoms with Crippen LogP contribution in [0.15, 0.2) is 17.5 Å². The maximum absolute atomic E-state index is 12.7. The van der Waals surface area contributed by atoms with Crippen LogP contribution >= 0.6 is 11.3 Å². The van der Waals surface area contributed by atoms with Crippen LogP contribution in [-0.4, -0.2) is 52.3 Å². The molecule has 1 aromatic heterocycles. The van der Waals surface area contributed by atoms with E-state index in [0.717, 1.165) is 4.88 Å². The highest BCUT2D eigenvalue weighted by Crippen LogP contribution is 2.32. The van der Waals surface area contributed by atoms with Crippen LogP contribution in [0.3, 0.4) is 0 Å². The fourth-order valence-corrected chi connectivity index (χ4v) is 3.63. The minimum atomic E-state index is -0.567. The third-order valence-electron chi connectivity index (χ3n) is 3.87. The Morgan fingerprint density at radius 3 is 2.00 bits per heavy atom. The van der Waals surface area contributed by atoms with Crippen LogP contribution in [-0.2, 0) is 9.47 Å². The van der Waals surface area contributed by atoms with E-state index in [0.29, 0.717) is 13.1 Å². The molecule has 2 atom stereocenters. The second-order valence-corrected chi connectivity index (χ2v) is 9.62. The first-order valence-corrected chi connectivity index (χ1v) is 9.78. The fraction of sp³-hybridized carbons (Fsp3) is 0.684. The number of rotatable bonds is 1. The molecule has 0 radical (unpaired) electrons. The maximum atomic E-state index is 12.7. The zero-order chi connectivity index (χ0) is 19.7. The number of hydrogen-bond acceptors (Lipinski definition) is 5. The summed E-state index contributed by atoms with van der Waals surface area (Å²) in [5.74, 6) is 0. The molecule has 26 heavy (non-hydrogen) atoms. The highest BCUT2D eigenvalue weighted by atomic mass is 32.1. The molecule has 0 N–H and O–H groups in total. The molecular weight excluding hydrogens is 352 g/mol. The minimum Gasteiger partial charge on any atom is -0.444 e. The molecule has 0 aliphatic carbocycles. The van der Waals surface area contributed by atoms with Crippen molar-refractivity contribution in [2.75, 3.05) is 13.1 Å². The predicted molar refractivity (Wildman–Crippen MR) is 102 cm³/mol. The number of carbonyl (C=O) groups excluding carboxylic acids is 2. The standard InChI is InChI=1S/C19H30N2O4S/c1-13-11-21(17(23)25-19(5,6)7)14(15-9-8-10-26-15)12-20(13)16(22)24-18(2,3)4/h8-10,13-14H,11-12H2,1-7H3/t13-,14?/m1/s1. The molecule has 1 aliphatic heterocycles. The summed E-state index contributed by atoms with van der Waals surface area (Å²) in [6, 6.07) is 3.53. The molecule has 1 aliphatic rings. The molecule has 2 amide bonds. The van der Waals surface area contributed by atoms with E-state index in [4.69, 9.17) is 9.47 Å². The van der Waals surface area contributed by atoms with E-state index in [1.165, 1.54) is 0 Å². The molecule has 146 valence electrons. The molecule has 7 heteroatoms. The zero-order valence-electron chi connectivity index (χ0n) is 16.7. The highest BCUT2D eigenvalue weighted by molar-refractivity contribution is 7.10. The van der Waals surface area contributed by atoms with Crippen molar-refractivity contribution in [3.8, 4) is 0 Å². The van der Waals surface area contributed by atoms with Crippen molar-refractivity contribution in [1.82, 2.24) is 9.80 Å². The van der Waals surface area contributed by atoms with Crippen LogP contribution in [0, 0.1) is 0 Å². The van der Waals surface area contributed by atoms with Crippen molar-refractivity contribution < 1.29 is 19.1 Å². The molecule has 2 heterocycles. The van der Waals surface area contributed by atoms with Gasteiger partial charge in [0.1, 0.15) is 11.2 Å². The summed E-state index contributed by atoms with van der Waals surface area (Å²) in [5, 5.41) is 1.97. The lowest BCUT2D eigenvalue weighted by molar-refractivity contribution is -0.0278. The van der Waals surface area contributed by atoms with E-state index in [1.807, 2.05) is 66.0 Å². The summed E-state index contributed by atoms with van der Waals surface area (Å²) < 4.78 is 11.1. The van der Waals surface area contributed by atoms with Gasteiger partial charge in [-0.2, -0.15) is 0 Å². The Morgan fingerprint density at radius 1 is 1.00 bits per heavy atom. The predicted octanol–water partition coefficient (Wildman–Crippen LogP) is 4.67. The third kappa shape index (κ3) is 5.37. The number of ether oxygens (including phenoxy) is 2. The fourth-order valence-electron chi connectivity index (χ4n) is 2.80. The van der Waals surface area contributed by atoms with E-state index in [2.05, 4.69) is 0 Å². The van der Waals surface area contributed by atoms with Crippen LogP contribution in [0.1, 0.15) is 59.4 Å². The van der Waals surface area contributed by atoms with Gasteiger partial charge in [0.2, 0.25) is 0 Å². The molecule has 2 rings (SSSR count). The van der Waals surface area contributed by atoms with E-state index in [1.54, 1.807) is 21.1 Å². The first-order chi connectivity index (χ1) is 11.9. The molecule has 1 saturated heterocycles. The highest BCUT2D eigenvalue weighted by Gasteiger charge is 2.40. The Balaban J connectivity index is 2.24. The topological polar surface area (TPSA) is 59.1 Å². The molecular formula is C19H30N2O4S. The average Bonchev–Trinajstić information content (AvgIpc) is 2.97. The normalized spacial score (nSPS) is 21.5. The molecule has 0 saturated carbocycles. The van der Waals surface area contributed by atoms with Gasteiger partial charge in [0.25, 0.3) is 0 Å². The van der Waals surface area contributed by atoms with Gasteiger partial charge in [-0.15, -0.1) is 11.3 Å². The van der Waals surface area contributed by atoms with Crippen LogP contribution in [0.25, 0.3) is 0 Å². The summed E-state index contributed by atoms with van der Waals surface area (Å²) in [6.07, 6.45) is -0.706. The third-order valence-corrected chi connectivity index (χ3v) is 4.84. The Bertz CT molecular complexity index is 631. The molecule has 1 fully saturated rings. The summed E-state index contributed by atoms with van der Waals surface area (Å²) in [4.78, 5) is 29.8. The van der Waals surface area contributed by atoms with Gasteiger partial charge < -0.3 is 14.4 Å². The molecule has 1 unspecified atom stereocenters. The van der Waals surface area contributed by atoms with Gasteiger partial charge in [-0.3, -0.25) is 4.90 Å². The zero-order valence-corrected chi connectivity index (χ0v) is 17.6. The van der Waals surface area contributed by atoms with Gasteiger partial charge >= 0.3 is 12.2 Å². The molecule has 1 aromatic rings. The smallest absolute Gasteiger partial charge is 0.410 e. The lowest BCUT2D eigenvalue weighted by Gasteiger charge is -2.45.